The zero-order chi connectivity index (χ0) is 14.7. The summed E-state index contributed by atoms with van der Waals surface area (Å²) in [4.78, 5) is 15.8. The maximum absolute atomic E-state index is 12.4. The van der Waals surface area contributed by atoms with Gasteiger partial charge < -0.3 is 10.2 Å². The number of nitrogens with zero attached hydrogens (tertiary/aromatic N) is 4. The Kier molecular flexibility index (Phi) is 3.96. The smallest absolute Gasteiger partial charge is 0.276 e. The predicted molar refractivity (Wildman–Crippen MR) is 79.3 cm³/mol. The number of likely N-dealkylation sites (tertiary alicyclic amines) is 1. The van der Waals surface area contributed by atoms with Gasteiger partial charge in [0.1, 0.15) is 0 Å². The number of aromatic nitrogens is 3. The molecule has 0 radical (unpaired) electrons. The molecule has 1 unspecified atom stereocenters. The number of para-hydroxylation sites is 1. The Morgan fingerprint density at radius 1 is 1.38 bits per heavy atom. The predicted octanol–water partition coefficient (Wildman–Crippen LogP) is 0.949. The first-order valence-corrected chi connectivity index (χ1v) is 7.19. The van der Waals surface area contributed by atoms with E-state index in [4.69, 9.17) is 0 Å². The van der Waals surface area contributed by atoms with Crippen molar-refractivity contribution in [2.75, 3.05) is 26.7 Å². The molecule has 1 aromatic carbocycles. The van der Waals surface area contributed by atoms with Crippen LogP contribution in [0.1, 0.15) is 16.9 Å². The summed E-state index contributed by atoms with van der Waals surface area (Å²) in [5.74, 6) is 0.499. The summed E-state index contributed by atoms with van der Waals surface area (Å²) in [5, 5.41) is 11.6. The second-order valence-corrected chi connectivity index (χ2v) is 5.32. The molecule has 0 spiro atoms. The van der Waals surface area contributed by atoms with Crippen molar-refractivity contribution in [2.24, 2.45) is 5.92 Å². The lowest BCUT2D eigenvalue weighted by Crippen LogP contribution is -2.30. The van der Waals surface area contributed by atoms with E-state index in [1.54, 1.807) is 6.20 Å². The molecule has 1 aromatic heterocycles. The summed E-state index contributed by atoms with van der Waals surface area (Å²) in [6.07, 6.45) is 2.58. The van der Waals surface area contributed by atoms with Crippen molar-refractivity contribution in [3.05, 3.63) is 42.2 Å². The van der Waals surface area contributed by atoms with Crippen LogP contribution in [0, 0.1) is 5.92 Å². The third-order valence-electron chi connectivity index (χ3n) is 3.76. The maximum atomic E-state index is 12.4. The molecule has 6 nitrogen and oxygen atoms in total. The Morgan fingerprint density at radius 3 is 2.95 bits per heavy atom. The average Bonchev–Trinajstić information content (AvgIpc) is 3.17. The summed E-state index contributed by atoms with van der Waals surface area (Å²) in [7, 11) is 1.94. The third kappa shape index (κ3) is 2.95. The topological polar surface area (TPSA) is 63.1 Å². The average molecular weight is 285 g/mol. The molecule has 2 aromatic rings. The molecule has 1 fully saturated rings. The largest absolute Gasteiger partial charge is 0.337 e. The molecule has 6 heteroatoms. The second-order valence-electron chi connectivity index (χ2n) is 5.32. The molecule has 0 saturated carbocycles. The van der Waals surface area contributed by atoms with Crippen LogP contribution < -0.4 is 5.32 Å². The van der Waals surface area contributed by atoms with Gasteiger partial charge in [0.25, 0.3) is 5.91 Å². The maximum Gasteiger partial charge on any atom is 0.276 e. The van der Waals surface area contributed by atoms with Gasteiger partial charge >= 0.3 is 0 Å². The minimum Gasteiger partial charge on any atom is -0.337 e. The van der Waals surface area contributed by atoms with Crippen molar-refractivity contribution in [3.63, 3.8) is 0 Å². The van der Waals surface area contributed by atoms with Crippen LogP contribution in [0.25, 0.3) is 5.69 Å². The number of hydrogen-bond acceptors (Lipinski definition) is 4. The van der Waals surface area contributed by atoms with Gasteiger partial charge in [0.2, 0.25) is 0 Å². The summed E-state index contributed by atoms with van der Waals surface area (Å²) in [5.41, 5.74) is 1.26. The molecule has 3 rings (SSSR count). The van der Waals surface area contributed by atoms with Gasteiger partial charge in [-0.3, -0.25) is 4.79 Å². The Labute approximate surface area is 123 Å². The van der Waals surface area contributed by atoms with E-state index in [9.17, 15) is 4.79 Å². The zero-order valence-corrected chi connectivity index (χ0v) is 12.1. The van der Waals surface area contributed by atoms with Crippen molar-refractivity contribution in [3.8, 4) is 5.69 Å². The molecule has 1 aliphatic heterocycles. The quantitative estimate of drug-likeness (QED) is 0.908. The highest BCUT2D eigenvalue weighted by Gasteiger charge is 2.27. The molecule has 110 valence electrons. The fourth-order valence-electron chi connectivity index (χ4n) is 2.68. The monoisotopic (exact) mass is 285 g/mol. The Hall–Kier alpha value is -2.21. The fraction of sp³-hybridized carbons (Fsp3) is 0.400. The molecular formula is C15H19N5O. The summed E-state index contributed by atoms with van der Waals surface area (Å²) in [6.45, 7) is 2.53. The highest BCUT2D eigenvalue weighted by Crippen LogP contribution is 2.17. The Balaban J connectivity index is 1.70. The zero-order valence-electron chi connectivity index (χ0n) is 12.1. The van der Waals surface area contributed by atoms with Crippen molar-refractivity contribution in [1.29, 1.82) is 0 Å². The molecule has 1 amide bonds. The van der Waals surface area contributed by atoms with Gasteiger partial charge in [-0.25, -0.2) is 0 Å². The van der Waals surface area contributed by atoms with Crippen LogP contribution in [-0.4, -0.2) is 52.5 Å². The van der Waals surface area contributed by atoms with Gasteiger partial charge in [0.05, 0.1) is 11.9 Å². The van der Waals surface area contributed by atoms with E-state index in [2.05, 4.69) is 15.5 Å². The van der Waals surface area contributed by atoms with Crippen LogP contribution >= 0.6 is 0 Å². The van der Waals surface area contributed by atoms with Gasteiger partial charge in [-0.1, -0.05) is 18.2 Å². The number of carbonyl (C=O) groups is 1. The molecular weight excluding hydrogens is 266 g/mol. The van der Waals surface area contributed by atoms with Gasteiger partial charge in [-0.2, -0.15) is 9.90 Å². The van der Waals surface area contributed by atoms with E-state index in [1.807, 2.05) is 42.3 Å². The van der Waals surface area contributed by atoms with E-state index in [-0.39, 0.29) is 5.91 Å². The van der Waals surface area contributed by atoms with Gasteiger partial charge in [-0.05, 0) is 38.1 Å². The number of benzene rings is 1. The van der Waals surface area contributed by atoms with E-state index in [1.165, 1.54) is 4.80 Å². The molecule has 21 heavy (non-hydrogen) atoms. The second kappa shape index (κ2) is 6.05. The molecule has 2 heterocycles. The van der Waals surface area contributed by atoms with Crippen LogP contribution in [0.5, 0.6) is 0 Å². The first kappa shape index (κ1) is 13.8. The fourth-order valence-corrected chi connectivity index (χ4v) is 2.68. The third-order valence-corrected chi connectivity index (χ3v) is 3.76. The molecule has 0 bridgehead atoms. The lowest BCUT2D eigenvalue weighted by Gasteiger charge is -2.14. The summed E-state index contributed by atoms with van der Waals surface area (Å²) < 4.78 is 0. The first-order valence-electron chi connectivity index (χ1n) is 7.19. The van der Waals surface area contributed by atoms with Crippen LogP contribution in [0.15, 0.2) is 36.5 Å². The van der Waals surface area contributed by atoms with Crippen molar-refractivity contribution < 1.29 is 4.79 Å². The SMILES string of the molecule is CNCC1CCN(C(=O)c2cnn(-c3ccccc3)n2)C1. The standard InChI is InChI=1S/C15H19N5O/c1-16-9-12-7-8-19(11-12)15(21)14-10-17-20(18-14)13-5-3-2-4-6-13/h2-6,10,12,16H,7-9,11H2,1H3. The van der Waals surface area contributed by atoms with Gasteiger partial charge in [0, 0.05) is 13.1 Å². The highest BCUT2D eigenvalue weighted by atomic mass is 16.2. The molecule has 1 atom stereocenters. The van der Waals surface area contributed by atoms with Crippen LogP contribution in [0.3, 0.4) is 0 Å². The van der Waals surface area contributed by atoms with E-state index in [0.29, 0.717) is 11.6 Å². The summed E-state index contributed by atoms with van der Waals surface area (Å²) >= 11 is 0. The van der Waals surface area contributed by atoms with E-state index >= 15 is 0 Å². The van der Waals surface area contributed by atoms with E-state index in [0.717, 1.165) is 31.7 Å². The van der Waals surface area contributed by atoms with E-state index < -0.39 is 0 Å². The van der Waals surface area contributed by atoms with Crippen molar-refractivity contribution >= 4 is 5.91 Å². The number of rotatable bonds is 4. The lowest BCUT2D eigenvalue weighted by atomic mass is 10.1. The Bertz CT molecular complexity index is 610. The number of hydrogen-bond donors (Lipinski definition) is 1. The molecule has 1 N–H and O–H groups in total. The number of nitrogens with one attached hydrogen (secondary N) is 1. The van der Waals surface area contributed by atoms with Crippen molar-refractivity contribution in [1.82, 2.24) is 25.2 Å². The molecule has 0 aliphatic carbocycles. The first-order chi connectivity index (χ1) is 10.3. The minimum absolute atomic E-state index is 0.0317. The minimum atomic E-state index is -0.0317. The van der Waals surface area contributed by atoms with Crippen LogP contribution in [0.2, 0.25) is 0 Å². The lowest BCUT2D eigenvalue weighted by molar-refractivity contribution is 0.0781. The number of amides is 1. The van der Waals surface area contributed by atoms with Gasteiger partial charge in [-0.15, -0.1) is 5.10 Å². The molecule has 1 saturated heterocycles. The van der Waals surface area contributed by atoms with Crippen LogP contribution in [-0.2, 0) is 0 Å². The number of carbonyl (C=O) groups excluding carboxylic acids is 1. The highest BCUT2D eigenvalue weighted by molar-refractivity contribution is 5.92. The summed E-state index contributed by atoms with van der Waals surface area (Å²) in [6, 6.07) is 9.59. The molecule has 1 aliphatic rings. The van der Waals surface area contributed by atoms with Crippen molar-refractivity contribution in [2.45, 2.75) is 6.42 Å². The van der Waals surface area contributed by atoms with Crippen LogP contribution in [0.4, 0.5) is 0 Å². The van der Waals surface area contributed by atoms with Gasteiger partial charge in [0.15, 0.2) is 5.69 Å². The Morgan fingerprint density at radius 2 is 2.19 bits per heavy atom. The normalized spacial score (nSPS) is 18.1.